The van der Waals surface area contributed by atoms with Crippen molar-refractivity contribution < 1.29 is 14.3 Å². The monoisotopic (exact) mass is 396 g/mol. The molecule has 9 heteroatoms. The van der Waals surface area contributed by atoms with Gasteiger partial charge in [0.05, 0.1) is 24.7 Å². The predicted molar refractivity (Wildman–Crippen MR) is 112 cm³/mol. The molecule has 0 spiro atoms. The first-order valence-electron chi connectivity index (χ1n) is 8.95. The van der Waals surface area contributed by atoms with Crippen LogP contribution >= 0.6 is 0 Å². The topological polar surface area (TPSA) is 116 Å². The minimum Gasteiger partial charge on any atom is -0.497 e. The third kappa shape index (κ3) is 5.38. The zero-order valence-corrected chi connectivity index (χ0v) is 16.8. The number of nitrogen functional groups attached to an aromatic ring is 1. The van der Waals surface area contributed by atoms with E-state index in [1.165, 1.54) is 10.8 Å². The summed E-state index contributed by atoms with van der Waals surface area (Å²) < 4.78 is 11.8. The largest absolute Gasteiger partial charge is 0.497 e. The standard InChI is InChI=1S/C20H24N6O3/c1-20(2,3)29-19(27)26-10-9-14(12-26)24-18-22-11-16(21)17(25-18)23-13-5-7-15(28-4)8-6-13/h5-12H,21H2,1-4H3,(H2,22,23,24,25). The van der Waals surface area contributed by atoms with E-state index in [1.54, 1.807) is 25.6 Å². The van der Waals surface area contributed by atoms with E-state index < -0.39 is 11.7 Å². The Morgan fingerprint density at radius 1 is 1.10 bits per heavy atom. The molecule has 0 atom stereocenters. The van der Waals surface area contributed by atoms with Gasteiger partial charge < -0.3 is 25.8 Å². The molecule has 152 valence electrons. The predicted octanol–water partition coefficient (Wildman–Crippen LogP) is 4.14. The van der Waals surface area contributed by atoms with Gasteiger partial charge in [-0.1, -0.05) is 0 Å². The summed E-state index contributed by atoms with van der Waals surface area (Å²) in [6.07, 6.45) is 4.24. The third-order valence-corrected chi connectivity index (χ3v) is 3.72. The normalized spacial score (nSPS) is 11.0. The highest BCUT2D eigenvalue weighted by Gasteiger charge is 2.17. The molecule has 0 aliphatic heterocycles. The lowest BCUT2D eigenvalue weighted by Gasteiger charge is -2.19. The van der Waals surface area contributed by atoms with Crippen molar-refractivity contribution in [3.05, 3.63) is 48.9 Å². The molecule has 3 aromatic rings. The number of hydrogen-bond acceptors (Lipinski definition) is 8. The summed E-state index contributed by atoms with van der Waals surface area (Å²) in [6.45, 7) is 5.44. The van der Waals surface area contributed by atoms with Crippen molar-refractivity contribution in [3.63, 3.8) is 0 Å². The molecule has 0 unspecified atom stereocenters. The number of benzene rings is 1. The van der Waals surface area contributed by atoms with Crippen molar-refractivity contribution in [1.82, 2.24) is 14.5 Å². The van der Waals surface area contributed by atoms with Crippen molar-refractivity contribution in [1.29, 1.82) is 0 Å². The molecule has 0 saturated heterocycles. The SMILES string of the molecule is COc1ccc(Nc2nc(Nc3ccn(C(=O)OC(C)(C)C)c3)ncc2N)cc1. The highest BCUT2D eigenvalue weighted by molar-refractivity contribution is 5.74. The maximum Gasteiger partial charge on any atom is 0.418 e. The fourth-order valence-corrected chi connectivity index (χ4v) is 2.39. The molecule has 0 radical (unpaired) electrons. The average molecular weight is 396 g/mol. The van der Waals surface area contributed by atoms with Gasteiger partial charge in [0.15, 0.2) is 5.82 Å². The Morgan fingerprint density at radius 2 is 1.83 bits per heavy atom. The highest BCUT2D eigenvalue weighted by Crippen LogP contribution is 2.24. The van der Waals surface area contributed by atoms with Gasteiger partial charge in [0, 0.05) is 18.1 Å². The maximum atomic E-state index is 12.1. The van der Waals surface area contributed by atoms with Crippen molar-refractivity contribution >= 4 is 34.9 Å². The van der Waals surface area contributed by atoms with Crippen molar-refractivity contribution in [3.8, 4) is 5.75 Å². The number of rotatable bonds is 5. The van der Waals surface area contributed by atoms with Gasteiger partial charge in [-0.2, -0.15) is 4.98 Å². The Balaban J connectivity index is 1.72. The summed E-state index contributed by atoms with van der Waals surface area (Å²) >= 11 is 0. The Kier molecular flexibility index (Phi) is 5.58. The smallest absolute Gasteiger partial charge is 0.418 e. The third-order valence-electron chi connectivity index (χ3n) is 3.72. The number of anilines is 5. The first-order valence-corrected chi connectivity index (χ1v) is 8.95. The zero-order valence-electron chi connectivity index (χ0n) is 16.8. The molecule has 1 aromatic carbocycles. The van der Waals surface area contributed by atoms with Gasteiger partial charge in [0.25, 0.3) is 0 Å². The van der Waals surface area contributed by atoms with Gasteiger partial charge in [-0.15, -0.1) is 0 Å². The Labute approximate surface area is 168 Å². The molecular formula is C20H24N6O3. The number of methoxy groups -OCH3 is 1. The van der Waals surface area contributed by atoms with E-state index in [-0.39, 0.29) is 0 Å². The number of hydrogen-bond donors (Lipinski definition) is 3. The number of carbonyl (C=O) groups excluding carboxylic acids is 1. The van der Waals surface area contributed by atoms with E-state index in [9.17, 15) is 4.79 Å². The number of ether oxygens (including phenoxy) is 2. The molecule has 0 saturated carbocycles. The van der Waals surface area contributed by atoms with Gasteiger partial charge in [-0.05, 0) is 51.1 Å². The lowest BCUT2D eigenvalue weighted by molar-refractivity contribution is 0.0537. The van der Waals surface area contributed by atoms with Crippen LogP contribution in [0.1, 0.15) is 20.8 Å². The average Bonchev–Trinajstić information content (AvgIpc) is 3.12. The van der Waals surface area contributed by atoms with Crippen LogP contribution in [-0.2, 0) is 4.74 Å². The second kappa shape index (κ2) is 8.09. The molecule has 2 aromatic heterocycles. The first-order chi connectivity index (χ1) is 13.7. The minimum atomic E-state index is -0.572. The van der Waals surface area contributed by atoms with Crippen LogP contribution in [0.15, 0.2) is 48.9 Å². The molecule has 4 N–H and O–H groups in total. The zero-order chi connectivity index (χ0) is 21.0. The van der Waals surface area contributed by atoms with E-state index in [0.29, 0.717) is 23.1 Å². The number of nitrogens with zero attached hydrogens (tertiary/aromatic N) is 3. The lowest BCUT2D eigenvalue weighted by atomic mass is 10.2. The number of nitrogens with two attached hydrogens (primary N) is 1. The first kappa shape index (κ1) is 20.0. The fourth-order valence-electron chi connectivity index (χ4n) is 2.39. The van der Waals surface area contributed by atoms with E-state index in [0.717, 1.165) is 11.4 Å². The van der Waals surface area contributed by atoms with E-state index >= 15 is 0 Å². The Morgan fingerprint density at radius 3 is 2.48 bits per heavy atom. The molecule has 0 aliphatic carbocycles. The second-order valence-electron chi connectivity index (χ2n) is 7.26. The summed E-state index contributed by atoms with van der Waals surface area (Å²) in [5, 5.41) is 6.20. The van der Waals surface area contributed by atoms with Gasteiger partial charge >= 0.3 is 6.09 Å². The highest BCUT2D eigenvalue weighted by atomic mass is 16.6. The summed E-state index contributed by atoms with van der Waals surface area (Å²) in [7, 11) is 1.61. The van der Waals surface area contributed by atoms with Crippen LogP contribution in [0.25, 0.3) is 0 Å². The summed E-state index contributed by atoms with van der Waals surface area (Å²) in [4.78, 5) is 20.7. The van der Waals surface area contributed by atoms with Crippen LogP contribution in [0.3, 0.4) is 0 Å². The molecule has 0 amide bonds. The van der Waals surface area contributed by atoms with Gasteiger partial charge in [0.2, 0.25) is 5.95 Å². The van der Waals surface area contributed by atoms with Crippen molar-refractivity contribution in [2.24, 2.45) is 0 Å². The lowest BCUT2D eigenvalue weighted by Crippen LogP contribution is -2.26. The van der Waals surface area contributed by atoms with Crippen LogP contribution in [0.5, 0.6) is 5.75 Å². The molecule has 0 aliphatic rings. The van der Waals surface area contributed by atoms with E-state index in [4.69, 9.17) is 15.2 Å². The fraction of sp³-hybridized carbons (Fsp3) is 0.250. The van der Waals surface area contributed by atoms with Crippen LogP contribution in [0, 0.1) is 0 Å². The van der Waals surface area contributed by atoms with Crippen LogP contribution in [0.4, 0.5) is 33.6 Å². The quantitative estimate of drug-likeness (QED) is 0.589. The van der Waals surface area contributed by atoms with Gasteiger partial charge in [-0.3, -0.25) is 4.57 Å². The minimum absolute atomic E-state index is 0.331. The summed E-state index contributed by atoms with van der Waals surface area (Å²) in [5.41, 5.74) is 7.25. The maximum absolute atomic E-state index is 12.1. The van der Waals surface area contributed by atoms with Crippen LogP contribution < -0.4 is 21.1 Å². The number of nitrogens with one attached hydrogen (secondary N) is 2. The van der Waals surface area contributed by atoms with Gasteiger partial charge in [0.1, 0.15) is 11.4 Å². The van der Waals surface area contributed by atoms with Crippen LogP contribution in [-0.4, -0.2) is 33.3 Å². The number of aromatic nitrogens is 3. The summed E-state index contributed by atoms with van der Waals surface area (Å²) in [5.74, 6) is 1.54. The molecule has 3 rings (SSSR count). The van der Waals surface area contributed by atoms with Crippen LogP contribution in [0.2, 0.25) is 0 Å². The second-order valence-corrected chi connectivity index (χ2v) is 7.26. The molecule has 9 nitrogen and oxygen atoms in total. The van der Waals surface area contributed by atoms with E-state index in [2.05, 4.69) is 20.6 Å². The van der Waals surface area contributed by atoms with E-state index in [1.807, 2.05) is 45.0 Å². The molecule has 2 heterocycles. The van der Waals surface area contributed by atoms with Gasteiger partial charge in [-0.25, -0.2) is 9.78 Å². The molecular weight excluding hydrogens is 372 g/mol. The number of carbonyl (C=O) groups is 1. The summed E-state index contributed by atoms with van der Waals surface area (Å²) in [6, 6.07) is 9.10. The van der Waals surface area contributed by atoms with Crippen molar-refractivity contribution in [2.45, 2.75) is 26.4 Å². The van der Waals surface area contributed by atoms with Crippen molar-refractivity contribution in [2.75, 3.05) is 23.5 Å². The Hall–Kier alpha value is -3.75. The molecule has 29 heavy (non-hydrogen) atoms. The Bertz CT molecular complexity index is 992. The molecule has 0 fully saturated rings. The molecule has 0 bridgehead atoms.